The molecule has 1 aromatic heterocycles. The lowest BCUT2D eigenvalue weighted by Gasteiger charge is -2.08. The largest absolute Gasteiger partial charge is 0.338 e. The summed E-state index contributed by atoms with van der Waals surface area (Å²) in [7, 11) is 0. The van der Waals surface area contributed by atoms with E-state index in [1.165, 1.54) is 12.1 Å². The summed E-state index contributed by atoms with van der Waals surface area (Å²) in [5, 5.41) is 3.88. The summed E-state index contributed by atoms with van der Waals surface area (Å²) in [6.45, 7) is 4.17. The van der Waals surface area contributed by atoms with Gasteiger partial charge in [0.25, 0.3) is 0 Å². The van der Waals surface area contributed by atoms with Gasteiger partial charge in [0, 0.05) is 6.42 Å². The second-order valence-corrected chi connectivity index (χ2v) is 5.09. The van der Waals surface area contributed by atoms with Crippen LogP contribution < -0.4 is 5.73 Å². The smallest absolute Gasteiger partial charge is 0.243 e. The molecule has 2 rings (SSSR count). The molecule has 0 fully saturated rings. The van der Waals surface area contributed by atoms with Crippen molar-refractivity contribution >= 4 is 0 Å². The van der Waals surface area contributed by atoms with Gasteiger partial charge in [0.05, 0.1) is 6.04 Å². The van der Waals surface area contributed by atoms with Crippen LogP contribution in [-0.2, 0) is 6.42 Å². The average Bonchev–Trinajstić information content (AvgIpc) is 2.76. The Balaban J connectivity index is 2.05. The van der Waals surface area contributed by atoms with Gasteiger partial charge < -0.3 is 10.3 Å². The Bertz CT molecular complexity index is 539. The highest BCUT2D eigenvalue weighted by atomic mass is 19.1. The highest BCUT2D eigenvalue weighted by Gasteiger charge is 2.16. The molecule has 5 heteroatoms. The summed E-state index contributed by atoms with van der Waals surface area (Å²) in [5.41, 5.74) is 6.78. The Hall–Kier alpha value is -1.75. The molecule has 2 aromatic rings. The monoisotopic (exact) mass is 263 g/mol. The van der Waals surface area contributed by atoms with E-state index in [1.807, 2.05) is 6.07 Å². The van der Waals surface area contributed by atoms with Crippen molar-refractivity contribution in [3.63, 3.8) is 0 Å². The first-order chi connectivity index (χ1) is 9.04. The maximum atomic E-state index is 13.1. The number of nitrogens with two attached hydrogens (primary N) is 1. The summed E-state index contributed by atoms with van der Waals surface area (Å²) in [6, 6.07) is 6.12. The van der Waals surface area contributed by atoms with Crippen LogP contribution in [0.25, 0.3) is 0 Å². The predicted molar refractivity (Wildman–Crippen MR) is 69.9 cm³/mol. The lowest BCUT2D eigenvalue weighted by molar-refractivity contribution is 0.333. The second-order valence-electron chi connectivity index (χ2n) is 5.09. The fourth-order valence-corrected chi connectivity index (χ4v) is 1.93. The Kier molecular flexibility index (Phi) is 4.27. The van der Waals surface area contributed by atoms with Crippen LogP contribution in [0.2, 0.25) is 0 Å². The summed E-state index contributed by atoms with van der Waals surface area (Å²) in [6.07, 6.45) is 1.23. The minimum absolute atomic E-state index is 0.242. The minimum Gasteiger partial charge on any atom is -0.338 e. The number of nitrogens with zero attached hydrogens (tertiary/aromatic N) is 2. The fourth-order valence-electron chi connectivity index (χ4n) is 1.93. The van der Waals surface area contributed by atoms with E-state index in [0.29, 0.717) is 24.1 Å². The van der Waals surface area contributed by atoms with Crippen molar-refractivity contribution < 1.29 is 8.91 Å². The third-order valence-electron chi connectivity index (χ3n) is 2.78. The number of hydrogen-bond donors (Lipinski definition) is 1. The van der Waals surface area contributed by atoms with Crippen LogP contribution in [0.3, 0.4) is 0 Å². The SMILES string of the molecule is CC(C)CC(N)c1nc(Cc2cccc(F)c2)no1. The Morgan fingerprint density at radius 3 is 2.84 bits per heavy atom. The van der Waals surface area contributed by atoms with E-state index in [-0.39, 0.29) is 11.9 Å². The van der Waals surface area contributed by atoms with Crippen LogP contribution in [0, 0.1) is 11.7 Å². The fraction of sp³-hybridized carbons (Fsp3) is 0.429. The minimum atomic E-state index is -0.266. The zero-order valence-corrected chi connectivity index (χ0v) is 11.1. The summed E-state index contributed by atoms with van der Waals surface area (Å²) < 4.78 is 18.2. The van der Waals surface area contributed by atoms with E-state index in [0.717, 1.165) is 12.0 Å². The maximum absolute atomic E-state index is 13.1. The van der Waals surface area contributed by atoms with E-state index in [4.69, 9.17) is 10.3 Å². The Morgan fingerprint density at radius 2 is 2.16 bits per heavy atom. The van der Waals surface area contributed by atoms with Gasteiger partial charge in [-0.05, 0) is 30.0 Å². The van der Waals surface area contributed by atoms with Crippen LogP contribution in [0.4, 0.5) is 4.39 Å². The summed E-state index contributed by atoms with van der Waals surface area (Å²) in [4.78, 5) is 4.26. The second kappa shape index (κ2) is 5.93. The molecule has 2 N–H and O–H groups in total. The van der Waals surface area contributed by atoms with Crippen LogP contribution in [-0.4, -0.2) is 10.1 Å². The van der Waals surface area contributed by atoms with Gasteiger partial charge in [-0.1, -0.05) is 31.1 Å². The zero-order valence-electron chi connectivity index (χ0n) is 11.1. The highest BCUT2D eigenvalue weighted by molar-refractivity contribution is 5.19. The van der Waals surface area contributed by atoms with Crippen molar-refractivity contribution in [2.45, 2.75) is 32.7 Å². The Morgan fingerprint density at radius 1 is 1.37 bits per heavy atom. The first kappa shape index (κ1) is 13.7. The van der Waals surface area contributed by atoms with Crippen LogP contribution in [0.5, 0.6) is 0 Å². The molecule has 1 atom stereocenters. The average molecular weight is 263 g/mol. The molecule has 0 amide bonds. The van der Waals surface area contributed by atoms with E-state index < -0.39 is 0 Å². The summed E-state index contributed by atoms with van der Waals surface area (Å²) >= 11 is 0. The molecular weight excluding hydrogens is 245 g/mol. The molecule has 102 valence electrons. The molecule has 0 bridgehead atoms. The predicted octanol–water partition coefficient (Wildman–Crippen LogP) is 2.85. The van der Waals surface area contributed by atoms with Crippen molar-refractivity contribution in [3.05, 3.63) is 47.4 Å². The first-order valence-corrected chi connectivity index (χ1v) is 6.37. The molecule has 19 heavy (non-hydrogen) atoms. The summed E-state index contributed by atoms with van der Waals surface area (Å²) in [5.74, 6) is 1.17. The van der Waals surface area contributed by atoms with Crippen molar-refractivity contribution in [2.24, 2.45) is 11.7 Å². The molecule has 0 radical (unpaired) electrons. The van der Waals surface area contributed by atoms with Crippen molar-refractivity contribution in [1.29, 1.82) is 0 Å². The van der Waals surface area contributed by atoms with Crippen molar-refractivity contribution in [1.82, 2.24) is 10.1 Å². The number of rotatable bonds is 5. The number of halogens is 1. The third kappa shape index (κ3) is 3.86. The topological polar surface area (TPSA) is 64.9 Å². The van der Waals surface area contributed by atoms with Crippen LogP contribution in [0.15, 0.2) is 28.8 Å². The number of benzene rings is 1. The van der Waals surface area contributed by atoms with E-state index >= 15 is 0 Å². The van der Waals surface area contributed by atoms with Gasteiger partial charge in [0.2, 0.25) is 5.89 Å². The molecule has 0 saturated heterocycles. The number of hydrogen-bond acceptors (Lipinski definition) is 4. The van der Waals surface area contributed by atoms with Gasteiger partial charge in [-0.2, -0.15) is 4.98 Å². The molecule has 1 unspecified atom stereocenters. The van der Waals surface area contributed by atoms with Gasteiger partial charge in [0.1, 0.15) is 5.82 Å². The van der Waals surface area contributed by atoms with Crippen molar-refractivity contribution in [2.75, 3.05) is 0 Å². The molecule has 0 spiro atoms. The van der Waals surface area contributed by atoms with Crippen LogP contribution in [0.1, 0.15) is 43.6 Å². The third-order valence-corrected chi connectivity index (χ3v) is 2.78. The van der Waals surface area contributed by atoms with Gasteiger partial charge in [-0.15, -0.1) is 0 Å². The molecule has 0 aliphatic carbocycles. The van der Waals surface area contributed by atoms with Gasteiger partial charge in [-0.25, -0.2) is 4.39 Å². The lowest BCUT2D eigenvalue weighted by atomic mass is 10.0. The quantitative estimate of drug-likeness (QED) is 0.900. The van der Waals surface area contributed by atoms with E-state index in [2.05, 4.69) is 24.0 Å². The standard InChI is InChI=1S/C14H18FN3O/c1-9(2)6-12(16)14-17-13(18-19-14)8-10-4-3-5-11(15)7-10/h3-5,7,9,12H,6,8,16H2,1-2H3. The molecule has 0 aliphatic heterocycles. The van der Waals surface area contributed by atoms with Gasteiger partial charge in [-0.3, -0.25) is 0 Å². The van der Waals surface area contributed by atoms with Crippen LogP contribution >= 0.6 is 0 Å². The number of aromatic nitrogens is 2. The lowest BCUT2D eigenvalue weighted by Crippen LogP contribution is -2.13. The molecule has 1 aromatic carbocycles. The normalized spacial score (nSPS) is 12.9. The van der Waals surface area contributed by atoms with E-state index in [1.54, 1.807) is 6.07 Å². The molecule has 0 aliphatic rings. The zero-order chi connectivity index (χ0) is 13.8. The molecule has 4 nitrogen and oxygen atoms in total. The Labute approximate surface area is 111 Å². The van der Waals surface area contributed by atoms with E-state index in [9.17, 15) is 4.39 Å². The van der Waals surface area contributed by atoms with Gasteiger partial charge >= 0.3 is 0 Å². The molecule has 0 saturated carbocycles. The highest BCUT2D eigenvalue weighted by Crippen LogP contribution is 2.17. The van der Waals surface area contributed by atoms with Gasteiger partial charge in [0.15, 0.2) is 5.82 Å². The first-order valence-electron chi connectivity index (χ1n) is 6.37. The van der Waals surface area contributed by atoms with Crippen molar-refractivity contribution in [3.8, 4) is 0 Å². The molecule has 1 heterocycles. The maximum Gasteiger partial charge on any atom is 0.243 e. The molecular formula is C14H18FN3O.